The molecule has 16 heavy (non-hydrogen) atoms. The van der Waals surface area contributed by atoms with Gasteiger partial charge in [0.15, 0.2) is 0 Å². The summed E-state index contributed by atoms with van der Waals surface area (Å²) in [6.07, 6.45) is 1.76. The van der Waals surface area contributed by atoms with Gasteiger partial charge in [-0.15, -0.1) is 24.8 Å². The van der Waals surface area contributed by atoms with Gasteiger partial charge in [0.2, 0.25) is 0 Å². The number of rotatable bonds is 2. The molecule has 3 nitrogen and oxygen atoms in total. The van der Waals surface area contributed by atoms with Crippen LogP contribution in [0.25, 0.3) is 11.4 Å². The molecule has 2 aromatic rings. The van der Waals surface area contributed by atoms with Gasteiger partial charge in [-0.3, -0.25) is 4.98 Å². The molecule has 0 aliphatic rings. The van der Waals surface area contributed by atoms with Crippen LogP contribution in [0.3, 0.4) is 0 Å². The van der Waals surface area contributed by atoms with Crippen molar-refractivity contribution < 1.29 is 0 Å². The average Bonchev–Trinajstić information content (AvgIpc) is 2.30. The van der Waals surface area contributed by atoms with E-state index >= 15 is 0 Å². The summed E-state index contributed by atoms with van der Waals surface area (Å²) in [5, 5.41) is 0. The van der Waals surface area contributed by atoms with Crippen LogP contribution >= 0.6 is 24.8 Å². The number of hydrogen-bond donors (Lipinski definition) is 1. The molecular weight excluding hydrogens is 245 g/mol. The van der Waals surface area contributed by atoms with E-state index in [2.05, 4.69) is 9.97 Å². The molecule has 2 aromatic heterocycles. The molecule has 2 rings (SSSR count). The Labute approximate surface area is 107 Å². The van der Waals surface area contributed by atoms with Gasteiger partial charge in [-0.05, 0) is 24.3 Å². The van der Waals surface area contributed by atoms with Crippen LogP contribution in [0.1, 0.15) is 5.69 Å². The van der Waals surface area contributed by atoms with E-state index in [1.807, 2.05) is 36.4 Å². The van der Waals surface area contributed by atoms with Crippen LogP contribution in [0, 0.1) is 0 Å². The third-order valence-electron chi connectivity index (χ3n) is 1.94. The van der Waals surface area contributed by atoms with Crippen molar-refractivity contribution in [1.29, 1.82) is 0 Å². The van der Waals surface area contributed by atoms with Crippen molar-refractivity contribution in [3.8, 4) is 11.4 Å². The molecule has 0 aromatic carbocycles. The van der Waals surface area contributed by atoms with Crippen LogP contribution in [0.5, 0.6) is 0 Å². The molecule has 0 radical (unpaired) electrons. The van der Waals surface area contributed by atoms with Gasteiger partial charge in [-0.1, -0.05) is 12.1 Å². The molecule has 86 valence electrons. The fourth-order valence-corrected chi connectivity index (χ4v) is 1.25. The highest BCUT2D eigenvalue weighted by atomic mass is 35.5. The lowest BCUT2D eigenvalue weighted by molar-refractivity contribution is 0.991. The first-order valence-electron chi connectivity index (χ1n) is 4.47. The monoisotopic (exact) mass is 257 g/mol. The van der Waals surface area contributed by atoms with E-state index in [-0.39, 0.29) is 24.8 Å². The molecule has 0 aliphatic heterocycles. The number of aromatic nitrogens is 2. The zero-order valence-corrected chi connectivity index (χ0v) is 10.2. The molecule has 0 saturated carbocycles. The average molecular weight is 258 g/mol. The van der Waals surface area contributed by atoms with E-state index in [1.165, 1.54) is 0 Å². The van der Waals surface area contributed by atoms with Crippen LogP contribution in [0.2, 0.25) is 0 Å². The van der Waals surface area contributed by atoms with Gasteiger partial charge in [-0.25, -0.2) is 4.98 Å². The molecule has 0 atom stereocenters. The van der Waals surface area contributed by atoms with Crippen LogP contribution in [-0.2, 0) is 6.54 Å². The Kier molecular flexibility index (Phi) is 6.65. The maximum Gasteiger partial charge on any atom is 0.0890 e. The van der Waals surface area contributed by atoms with E-state index < -0.39 is 0 Å². The summed E-state index contributed by atoms with van der Waals surface area (Å²) in [5.74, 6) is 0. The predicted octanol–water partition coefficient (Wildman–Crippen LogP) is 2.45. The van der Waals surface area contributed by atoms with Crippen molar-refractivity contribution in [3.63, 3.8) is 0 Å². The second-order valence-corrected chi connectivity index (χ2v) is 2.93. The molecule has 0 aliphatic carbocycles. The number of hydrogen-bond acceptors (Lipinski definition) is 3. The zero-order chi connectivity index (χ0) is 9.80. The van der Waals surface area contributed by atoms with Gasteiger partial charge >= 0.3 is 0 Å². The topological polar surface area (TPSA) is 51.8 Å². The Hall–Kier alpha value is -1.16. The molecule has 0 bridgehead atoms. The van der Waals surface area contributed by atoms with Crippen molar-refractivity contribution in [2.45, 2.75) is 6.54 Å². The van der Waals surface area contributed by atoms with Crippen LogP contribution in [0.15, 0.2) is 42.6 Å². The summed E-state index contributed by atoms with van der Waals surface area (Å²) in [4.78, 5) is 8.60. The van der Waals surface area contributed by atoms with Gasteiger partial charge in [-0.2, -0.15) is 0 Å². The highest BCUT2D eigenvalue weighted by molar-refractivity contribution is 5.85. The van der Waals surface area contributed by atoms with Crippen LogP contribution < -0.4 is 5.73 Å². The molecular formula is C11H13Cl2N3. The number of halogens is 2. The lowest BCUT2D eigenvalue weighted by atomic mass is 10.2. The van der Waals surface area contributed by atoms with Crippen molar-refractivity contribution >= 4 is 24.8 Å². The van der Waals surface area contributed by atoms with Crippen molar-refractivity contribution in [2.24, 2.45) is 5.73 Å². The van der Waals surface area contributed by atoms with Crippen molar-refractivity contribution in [2.75, 3.05) is 0 Å². The Bertz CT molecular complexity index is 421. The quantitative estimate of drug-likeness (QED) is 0.900. The van der Waals surface area contributed by atoms with E-state index in [4.69, 9.17) is 5.73 Å². The summed E-state index contributed by atoms with van der Waals surface area (Å²) < 4.78 is 0. The summed E-state index contributed by atoms with van der Waals surface area (Å²) in [5.41, 5.74) is 8.14. The smallest absolute Gasteiger partial charge is 0.0890 e. The molecule has 0 fully saturated rings. The lowest BCUT2D eigenvalue weighted by Crippen LogP contribution is -2.00. The van der Waals surface area contributed by atoms with Gasteiger partial charge in [0.1, 0.15) is 0 Å². The fraction of sp³-hybridized carbons (Fsp3) is 0.0909. The number of pyridine rings is 2. The third kappa shape index (κ3) is 3.45. The molecule has 2 N–H and O–H groups in total. The molecule has 5 heteroatoms. The summed E-state index contributed by atoms with van der Waals surface area (Å²) in [7, 11) is 0. The minimum Gasteiger partial charge on any atom is -0.325 e. The second kappa shape index (κ2) is 7.17. The zero-order valence-electron chi connectivity index (χ0n) is 8.54. The normalized spacial score (nSPS) is 8.81. The van der Waals surface area contributed by atoms with Crippen molar-refractivity contribution in [1.82, 2.24) is 9.97 Å². The van der Waals surface area contributed by atoms with Crippen molar-refractivity contribution in [3.05, 3.63) is 48.3 Å². The van der Waals surface area contributed by atoms with E-state index in [0.29, 0.717) is 6.54 Å². The highest BCUT2D eigenvalue weighted by Gasteiger charge is 1.99. The Balaban J connectivity index is 0.00000112. The first kappa shape index (κ1) is 14.8. The van der Waals surface area contributed by atoms with E-state index in [9.17, 15) is 0 Å². The molecule has 0 amide bonds. The molecule has 0 saturated heterocycles. The SMILES string of the molecule is Cl.Cl.NCc1cccc(-c2ccccn2)n1. The van der Waals surface area contributed by atoms with Gasteiger partial charge in [0, 0.05) is 12.7 Å². The Morgan fingerprint density at radius 2 is 1.69 bits per heavy atom. The number of nitrogens with two attached hydrogens (primary N) is 1. The Morgan fingerprint density at radius 1 is 0.938 bits per heavy atom. The van der Waals surface area contributed by atoms with Gasteiger partial charge in [0.25, 0.3) is 0 Å². The summed E-state index contributed by atoms with van der Waals surface area (Å²) in [6.45, 7) is 0.459. The van der Waals surface area contributed by atoms with E-state index in [0.717, 1.165) is 17.1 Å². The summed E-state index contributed by atoms with van der Waals surface area (Å²) >= 11 is 0. The van der Waals surface area contributed by atoms with Gasteiger partial charge in [0.05, 0.1) is 17.1 Å². The first-order chi connectivity index (χ1) is 6.90. The third-order valence-corrected chi connectivity index (χ3v) is 1.94. The fourth-order valence-electron chi connectivity index (χ4n) is 1.25. The maximum absolute atomic E-state index is 5.51. The second-order valence-electron chi connectivity index (χ2n) is 2.93. The molecule has 0 spiro atoms. The lowest BCUT2D eigenvalue weighted by Gasteiger charge is -2.01. The Morgan fingerprint density at radius 3 is 2.31 bits per heavy atom. The first-order valence-corrected chi connectivity index (χ1v) is 4.47. The highest BCUT2D eigenvalue weighted by Crippen LogP contribution is 2.13. The van der Waals surface area contributed by atoms with Crippen LogP contribution in [0.4, 0.5) is 0 Å². The molecule has 2 heterocycles. The molecule has 0 unspecified atom stereocenters. The minimum absolute atomic E-state index is 0. The maximum atomic E-state index is 5.51. The van der Waals surface area contributed by atoms with Crippen LogP contribution in [-0.4, -0.2) is 9.97 Å². The van der Waals surface area contributed by atoms with Gasteiger partial charge < -0.3 is 5.73 Å². The summed E-state index contributed by atoms with van der Waals surface area (Å²) in [6, 6.07) is 11.5. The largest absolute Gasteiger partial charge is 0.325 e. The van der Waals surface area contributed by atoms with E-state index in [1.54, 1.807) is 6.20 Å². The standard InChI is InChI=1S/C11H11N3.2ClH/c12-8-9-4-3-6-11(14-9)10-5-1-2-7-13-10;;/h1-7H,8,12H2;2*1H. The number of nitrogens with zero attached hydrogens (tertiary/aromatic N) is 2. The predicted molar refractivity (Wildman–Crippen MR) is 69.9 cm³/mol. The minimum atomic E-state index is 0.